The van der Waals surface area contributed by atoms with Crippen LogP contribution in [0, 0.1) is 11.7 Å². The van der Waals surface area contributed by atoms with Crippen LogP contribution in [0.1, 0.15) is 12.8 Å². The van der Waals surface area contributed by atoms with Gasteiger partial charge in [-0.25, -0.2) is 13.9 Å². The van der Waals surface area contributed by atoms with Gasteiger partial charge < -0.3 is 10.6 Å². The van der Waals surface area contributed by atoms with E-state index in [1.165, 1.54) is 23.5 Å². The quantitative estimate of drug-likeness (QED) is 0.790. The van der Waals surface area contributed by atoms with Crippen molar-refractivity contribution in [3.05, 3.63) is 36.3 Å². The Kier molecular flexibility index (Phi) is 3.68. The first-order valence-electron chi connectivity index (χ1n) is 7.76. The third-order valence-electron chi connectivity index (χ3n) is 4.34. The molecule has 2 aromatic heterocycles. The van der Waals surface area contributed by atoms with Crippen molar-refractivity contribution in [1.82, 2.24) is 14.6 Å². The largest absolute Gasteiger partial charge is 0.369 e. The summed E-state index contributed by atoms with van der Waals surface area (Å²) < 4.78 is 14.8. The normalized spacial score (nSPS) is 16.0. The first-order chi connectivity index (χ1) is 11.6. The Balaban J connectivity index is 1.54. The topological polar surface area (TPSA) is 76.5 Å². The molecule has 124 valence electrons. The number of fused-ring (bicyclic) bond motifs is 1. The van der Waals surface area contributed by atoms with Crippen molar-refractivity contribution in [2.24, 2.45) is 11.7 Å². The van der Waals surface area contributed by atoms with E-state index >= 15 is 0 Å². The van der Waals surface area contributed by atoms with Crippen molar-refractivity contribution in [3.63, 3.8) is 0 Å². The van der Waals surface area contributed by atoms with Gasteiger partial charge in [-0.2, -0.15) is 0 Å². The summed E-state index contributed by atoms with van der Waals surface area (Å²) in [7, 11) is 0. The van der Waals surface area contributed by atoms with E-state index in [4.69, 9.17) is 5.73 Å². The van der Waals surface area contributed by atoms with Crippen molar-refractivity contribution in [2.75, 3.05) is 18.0 Å². The minimum absolute atomic E-state index is 0.0321. The molecule has 8 heteroatoms. The molecule has 1 saturated heterocycles. The maximum Gasteiger partial charge on any atom is 0.220 e. The number of aromatic nitrogens is 3. The lowest BCUT2D eigenvalue weighted by Crippen LogP contribution is -2.38. The van der Waals surface area contributed by atoms with Crippen LogP contribution in [-0.2, 0) is 4.79 Å². The lowest BCUT2D eigenvalue weighted by atomic mass is 9.97. The number of hydrogen-bond acceptors (Lipinski definition) is 5. The molecule has 0 radical (unpaired) electrons. The van der Waals surface area contributed by atoms with Gasteiger partial charge in [0.2, 0.25) is 16.0 Å². The summed E-state index contributed by atoms with van der Waals surface area (Å²) in [6.45, 7) is 1.55. The molecule has 3 heterocycles. The molecule has 0 unspecified atom stereocenters. The number of nitrogens with zero attached hydrogens (tertiary/aromatic N) is 4. The molecule has 6 nitrogen and oxygen atoms in total. The minimum Gasteiger partial charge on any atom is -0.369 e. The predicted octanol–water partition coefficient (Wildman–Crippen LogP) is 2.30. The summed E-state index contributed by atoms with van der Waals surface area (Å²) in [6, 6.07) is 6.25. The summed E-state index contributed by atoms with van der Waals surface area (Å²) in [5, 5.41) is 5.47. The average molecular weight is 345 g/mol. The zero-order chi connectivity index (χ0) is 16.7. The minimum atomic E-state index is -0.264. The molecule has 1 aromatic carbocycles. The van der Waals surface area contributed by atoms with Crippen molar-refractivity contribution >= 4 is 27.3 Å². The number of carbonyl (C=O) groups excluding carboxylic acids is 1. The first kappa shape index (κ1) is 15.1. The number of primary amides is 1. The molecule has 24 heavy (non-hydrogen) atoms. The Morgan fingerprint density at radius 1 is 1.25 bits per heavy atom. The summed E-state index contributed by atoms with van der Waals surface area (Å²) >= 11 is 1.51. The molecule has 1 amide bonds. The fourth-order valence-corrected chi connectivity index (χ4v) is 3.87. The number of carbonyl (C=O) groups is 1. The van der Waals surface area contributed by atoms with Gasteiger partial charge in [0.1, 0.15) is 5.82 Å². The number of hydrogen-bond donors (Lipinski definition) is 1. The molecule has 3 aromatic rings. The zero-order valence-corrected chi connectivity index (χ0v) is 13.7. The SMILES string of the molecule is NC(=O)C1CCN(c2nn3cc(-c4ccc(F)cc4)nc3s2)CC1. The molecule has 2 N–H and O–H groups in total. The Morgan fingerprint density at radius 3 is 2.58 bits per heavy atom. The van der Waals surface area contributed by atoms with Gasteiger partial charge in [-0.3, -0.25) is 4.79 Å². The van der Waals surface area contributed by atoms with Gasteiger partial charge in [0.05, 0.1) is 11.9 Å². The summed E-state index contributed by atoms with van der Waals surface area (Å²) in [5.41, 5.74) is 7.00. The number of amides is 1. The Labute approximate surface area is 141 Å². The number of halogens is 1. The lowest BCUT2D eigenvalue weighted by molar-refractivity contribution is -0.122. The second-order valence-electron chi connectivity index (χ2n) is 5.91. The number of benzene rings is 1. The number of rotatable bonds is 3. The van der Waals surface area contributed by atoms with Crippen LogP contribution in [0.3, 0.4) is 0 Å². The van der Waals surface area contributed by atoms with Crippen LogP contribution in [0.2, 0.25) is 0 Å². The highest BCUT2D eigenvalue weighted by atomic mass is 32.1. The predicted molar refractivity (Wildman–Crippen MR) is 90.4 cm³/mol. The van der Waals surface area contributed by atoms with Crippen LogP contribution >= 0.6 is 11.3 Å². The fourth-order valence-electron chi connectivity index (χ4n) is 2.93. The summed E-state index contributed by atoms with van der Waals surface area (Å²) in [4.78, 5) is 18.8. The summed E-state index contributed by atoms with van der Waals surface area (Å²) in [5.74, 6) is -0.512. The first-order valence-corrected chi connectivity index (χ1v) is 8.58. The lowest BCUT2D eigenvalue weighted by Gasteiger charge is -2.29. The number of imidazole rings is 1. The van der Waals surface area contributed by atoms with Gasteiger partial charge in [-0.1, -0.05) is 11.3 Å². The van der Waals surface area contributed by atoms with Crippen LogP contribution in [0.4, 0.5) is 9.52 Å². The van der Waals surface area contributed by atoms with Gasteiger partial charge in [-0.15, -0.1) is 5.10 Å². The fraction of sp³-hybridized carbons (Fsp3) is 0.312. The number of anilines is 1. The third-order valence-corrected chi connectivity index (χ3v) is 5.32. The van der Waals surface area contributed by atoms with Gasteiger partial charge >= 0.3 is 0 Å². The highest BCUT2D eigenvalue weighted by molar-refractivity contribution is 7.20. The average Bonchev–Trinajstić information content (AvgIpc) is 3.14. The number of piperidine rings is 1. The molecule has 1 fully saturated rings. The van der Waals surface area contributed by atoms with E-state index in [0.717, 1.165) is 47.3 Å². The van der Waals surface area contributed by atoms with Crippen molar-refractivity contribution in [2.45, 2.75) is 12.8 Å². The zero-order valence-electron chi connectivity index (χ0n) is 12.9. The van der Waals surface area contributed by atoms with Gasteiger partial charge in [0, 0.05) is 24.6 Å². The van der Waals surface area contributed by atoms with Gasteiger partial charge in [0.25, 0.3) is 0 Å². The van der Waals surface area contributed by atoms with E-state index in [2.05, 4.69) is 15.0 Å². The standard InChI is InChI=1S/C16H16FN5OS/c17-12-3-1-10(2-4-12)13-9-22-15(19-13)24-16(20-22)21-7-5-11(6-8-21)14(18)23/h1-4,9,11H,5-8H2,(H2,18,23). The Bertz CT molecular complexity index is 848. The van der Waals surface area contributed by atoms with Gasteiger partial charge in [0.15, 0.2) is 0 Å². The Hall–Kier alpha value is -2.48. The smallest absolute Gasteiger partial charge is 0.220 e. The van der Waals surface area contributed by atoms with Crippen LogP contribution in [0.25, 0.3) is 16.2 Å². The maximum absolute atomic E-state index is 13.0. The highest BCUT2D eigenvalue weighted by Crippen LogP contribution is 2.29. The maximum atomic E-state index is 13.0. The molecule has 0 saturated carbocycles. The molecule has 1 aliphatic heterocycles. The van der Waals surface area contributed by atoms with Crippen LogP contribution in [-0.4, -0.2) is 33.6 Å². The van der Waals surface area contributed by atoms with E-state index < -0.39 is 0 Å². The second kappa shape index (κ2) is 5.86. The molecule has 4 rings (SSSR count). The van der Waals surface area contributed by atoms with Crippen molar-refractivity contribution in [1.29, 1.82) is 0 Å². The highest BCUT2D eigenvalue weighted by Gasteiger charge is 2.25. The van der Waals surface area contributed by atoms with Crippen molar-refractivity contribution < 1.29 is 9.18 Å². The molecule has 0 spiro atoms. The van der Waals surface area contributed by atoms with Crippen LogP contribution < -0.4 is 10.6 Å². The van der Waals surface area contributed by atoms with Gasteiger partial charge in [-0.05, 0) is 37.1 Å². The second-order valence-corrected chi connectivity index (χ2v) is 6.84. The van der Waals surface area contributed by atoms with Crippen molar-refractivity contribution in [3.8, 4) is 11.3 Å². The molecular formula is C16H16FN5OS. The third kappa shape index (κ3) is 2.73. The number of nitrogens with two attached hydrogens (primary N) is 1. The van der Waals surface area contributed by atoms with Crippen LogP contribution in [0.15, 0.2) is 30.5 Å². The molecule has 0 bridgehead atoms. The molecule has 1 aliphatic rings. The summed E-state index contributed by atoms with van der Waals surface area (Å²) in [6.07, 6.45) is 3.37. The Morgan fingerprint density at radius 2 is 1.96 bits per heavy atom. The molecule has 0 atom stereocenters. The van der Waals surface area contributed by atoms with E-state index in [9.17, 15) is 9.18 Å². The molecular weight excluding hydrogens is 329 g/mol. The van der Waals surface area contributed by atoms with Crippen LogP contribution in [0.5, 0.6) is 0 Å². The van der Waals surface area contributed by atoms with E-state index in [1.54, 1.807) is 16.6 Å². The van der Waals surface area contributed by atoms with E-state index in [0.29, 0.717) is 0 Å². The molecule has 0 aliphatic carbocycles. The van der Waals surface area contributed by atoms with E-state index in [1.807, 2.05) is 6.20 Å². The monoisotopic (exact) mass is 345 g/mol. The van der Waals surface area contributed by atoms with E-state index in [-0.39, 0.29) is 17.6 Å².